The summed E-state index contributed by atoms with van der Waals surface area (Å²) in [6.45, 7) is 8.44. The molecule has 2 aliphatic heterocycles. The second-order valence-corrected chi connectivity index (χ2v) is 10.8. The van der Waals surface area contributed by atoms with E-state index in [-0.39, 0.29) is 5.82 Å². The van der Waals surface area contributed by atoms with Gasteiger partial charge < -0.3 is 19.7 Å². The Bertz CT molecular complexity index is 1550. The first-order chi connectivity index (χ1) is 18.9. The van der Waals surface area contributed by atoms with Crippen molar-refractivity contribution in [3.63, 3.8) is 0 Å². The molecule has 0 atom stereocenters. The predicted molar refractivity (Wildman–Crippen MR) is 153 cm³/mol. The van der Waals surface area contributed by atoms with Crippen molar-refractivity contribution < 1.29 is 14.2 Å². The number of hydrogen-bond acceptors (Lipinski definition) is 4. The van der Waals surface area contributed by atoms with Gasteiger partial charge in [0.25, 0.3) is 0 Å². The van der Waals surface area contributed by atoms with Gasteiger partial charge in [-0.05, 0) is 84.8 Å². The van der Waals surface area contributed by atoms with E-state index in [1.165, 1.54) is 23.3 Å². The number of hydrogen-bond donors (Lipinski definition) is 2. The van der Waals surface area contributed by atoms with Gasteiger partial charge in [0.15, 0.2) is 0 Å². The van der Waals surface area contributed by atoms with Crippen LogP contribution in [0.25, 0.3) is 22.2 Å². The molecule has 2 aliphatic rings. The molecule has 0 aliphatic carbocycles. The van der Waals surface area contributed by atoms with E-state index < -0.39 is 5.60 Å². The molecule has 5 nitrogen and oxygen atoms in total. The molecule has 6 heteroatoms. The number of nitrogens with zero attached hydrogens (tertiary/aromatic N) is 2. The second kappa shape index (κ2) is 10.3. The highest BCUT2D eigenvalue weighted by molar-refractivity contribution is 5.82. The normalized spacial score (nSPS) is 18.4. The summed E-state index contributed by atoms with van der Waals surface area (Å²) < 4.78 is 19.5. The number of imidazole rings is 1. The minimum absolute atomic E-state index is 0.283. The zero-order valence-electron chi connectivity index (χ0n) is 22.3. The third-order valence-corrected chi connectivity index (χ3v) is 8.14. The summed E-state index contributed by atoms with van der Waals surface area (Å²) in [6, 6.07) is 19.0. The highest BCUT2D eigenvalue weighted by Gasteiger charge is 2.34. The van der Waals surface area contributed by atoms with Crippen molar-refractivity contribution in [3.05, 3.63) is 107 Å². The Hall–Kier alpha value is -3.90. The molecule has 4 aromatic rings. The number of aryl methyl sites for hydroxylation is 1. The third-order valence-electron chi connectivity index (χ3n) is 8.14. The van der Waals surface area contributed by atoms with Gasteiger partial charge >= 0.3 is 0 Å². The number of aromatic nitrogens is 2. The highest BCUT2D eigenvalue weighted by atomic mass is 19.1. The standard InChI is InChI=1S/C33H34FN3O2/c1-22(37-16-14-33(38,15-17-37)28-7-9-29(34)10-8-28)19-24-3-4-27-20-25(6-12-32(27)39-18-13-24)26-5-11-30-31(21-26)36-23(2)35-30/h3,5-12,20-21,38H,1,4,13-19H2,2H3,(H,35,36)/b24-3+. The average molecular weight is 524 g/mol. The molecular weight excluding hydrogens is 489 g/mol. The first-order valence-electron chi connectivity index (χ1n) is 13.7. The van der Waals surface area contributed by atoms with Gasteiger partial charge in [0, 0.05) is 31.6 Å². The Morgan fingerprint density at radius 3 is 2.62 bits per heavy atom. The van der Waals surface area contributed by atoms with E-state index in [1.54, 1.807) is 12.1 Å². The summed E-state index contributed by atoms with van der Waals surface area (Å²) in [5.74, 6) is 1.58. The summed E-state index contributed by atoms with van der Waals surface area (Å²) in [5.41, 5.74) is 7.78. The van der Waals surface area contributed by atoms with Crippen LogP contribution in [-0.2, 0) is 12.0 Å². The molecular formula is C33H34FN3O2. The van der Waals surface area contributed by atoms with Gasteiger partial charge in [-0.25, -0.2) is 9.37 Å². The molecule has 39 heavy (non-hydrogen) atoms. The number of piperidine rings is 1. The van der Waals surface area contributed by atoms with Crippen LogP contribution in [0, 0.1) is 12.7 Å². The lowest BCUT2D eigenvalue weighted by Crippen LogP contribution is -2.42. The highest BCUT2D eigenvalue weighted by Crippen LogP contribution is 2.35. The number of likely N-dealkylation sites (tertiary alicyclic amines) is 1. The van der Waals surface area contributed by atoms with Crippen LogP contribution in [-0.4, -0.2) is 39.7 Å². The summed E-state index contributed by atoms with van der Waals surface area (Å²) in [4.78, 5) is 10.1. The number of halogens is 1. The van der Waals surface area contributed by atoms with Crippen molar-refractivity contribution in [1.29, 1.82) is 0 Å². The van der Waals surface area contributed by atoms with Crippen LogP contribution in [0.4, 0.5) is 4.39 Å². The Morgan fingerprint density at radius 2 is 1.82 bits per heavy atom. The molecule has 0 saturated carbocycles. The maximum Gasteiger partial charge on any atom is 0.123 e. The summed E-state index contributed by atoms with van der Waals surface area (Å²) in [6.07, 6.45) is 5.99. The molecule has 3 heterocycles. The van der Waals surface area contributed by atoms with Crippen LogP contribution in [0.5, 0.6) is 5.75 Å². The van der Waals surface area contributed by atoms with Crippen LogP contribution in [0.1, 0.15) is 42.6 Å². The second-order valence-electron chi connectivity index (χ2n) is 10.8. The van der Waals surface area contributed by atoms with Crippen molar-refractivity contribution in [2.24, 2.45) is 0 Å². The number of aromatic amines is 1. The zero-order chi connectivity index (χ0) is 27.0. The molecule has 200 valence electrons. The van der Waals surface area contributed by atoms with E-state index >= 15 is 0 Å². The van der Waals surface area contributed by atoms with Crippen molar-refractivity contribution in [2.75, 3.05) is 19.7 Å². The average Bonchev–Trinajstić information content (AvgIpc) is 3.30. The summed E-state index contributed by atoms with van der Waals surface area (Å²) in [7, 11) is 0. The first kappa shape index (κ1) is 25.4. The van der Waals surface area contributed by atoms with E-state index in [1.807, 2.05) is 6.92 Å². The molecule has 1 aromatic heterocycles. The van der Waals surface area contributed by atoms with Crippen LogP contribution in [0.2, 0.25) is 0 Å². The Labute approximate surface area is 228 Å². The van der Waals surface area contributed by atoms with Crippen molar-refractivity contribution in [1.82, 2.24) is 14.9 Å². The fourth-order valence-corrected chi connectivity index (χ4v) is 5.80. The minimum atomic E-state index is -0.917. The molecule has 0 amide bonds. The smallest absolute Gasteiger partial charge is 0.123 e. The van der Waals surface area contributed by atoms with Crippen LogP contribution in [0.3, 0.4) is 0 Å². The van der Waals surface area contributed by atoms with E-state index in [2.05, 4.69) is 63.9 Å². The molecule has 0 radical (unpaired) electrons. The van der Waals surface area contributed by atoms with Crippen LogP contribution >= 0.6 is 0 Å². The zero-order valence-corrected chi connectivity index (χ0v) is 22.3. The lowest BCUT2D eigenvalue weighted by atomic mass is 9.84. The van der Waals surface area contributed by atoms with E-state index in [9.17, 15) is 9.50 Å². The summed E-state index contributed by atoms with van der Waals surface area (Å²) in [5, 5.41) is 11.2. The molecule has 1 saturated heterocycles. The fourth-order valence-electron chi connectivity index (χ4n) is 5.80. The predicted octanol–water partition coefficient (Wildman–Crippen LogP) is 6.82. The van der Waals surface area contributed by atoms with Crippen molar-refractivity contribution in [3.8, 4) is 16.9 Å². The van der Waals surface area contributed by atoms with Crippen LogP contribution < -0.4 is 4.74 Å². The number of benzene rings is 3. The van der Waals surface area contributed by atoms with Crippen molar-refractivity contribution >= 4 is 11.0 Å². The molecule has 0 unspecified atom stereocenters. The number of rotatable bonds is 5. The van der Waals surface area contributed by atoms with E-state index in [0.717, 1.165) is 77.3 Å². The first-order valence-corrected chi connectivity index (χ1v) is 13.7. The van der Waals surface area contributed by atoms with E-state index in [4.69, 9.17) is 4.74 Å². The molecule has 1 fully saturated rings. The van der Waals surface area contributed by atoms with Gasteiger partial charge in [0.2, 0.25) is 0 Å². The van der Waals surface area contributed by atoms with E-state index in [0.29, 0.717) is 19.4 Å². The molecule has 3 aromatic carbocycles. The lowest BCUT2D eigenvalue weighted by molar-refractivity contribution is -0.0189. The van der Waals surface area contributed by atoms with Crippen LogP contribution in [0.15, 0.2) is 84.6 Å². The SMILES string of the molecule is C=C(C/C1=C/Cc2cc(-c3ccc4nc(C)[nH]c4c3)ccc2OCC1)N1CCC(O)(c2ccc(F)cc2)CC1. The lowest BCUT2D eigenvalue weighted by Gasteiger charge is -2.40. The number of H-pyrrole nitrogens is 1. The quantitative estimate of drug-likeness (QED) is 0.282. The Morgan fingerprint density at radius 1 is 1.08 bits per heavy atom. The van der Waals surface area contributed by atoms with Gasteiger partial charge in [-0.2, -0.15) is 0 Å². The Balaban J connectivity index is 1.12. The molecule has 2 N–H and O–H groups in total. The summed E-state index contributed by atoms with van der Waals surface area (Å²) >= 11 is 0. The topological polar surface area (TPSA) is 61.4 Å². The molecule has 0 spiro atoms. The maximum atomic E-state index is 13.3. The number of aliphatic hydroxyl groups is 1. The Kier molecular flexibility index (Phi) is 6.73. The largest absolute Gasteiger partial charge is 0.493 e. The third kappa shape index (κ3) is 5.34. The number of allylic oxidation sites excluding steroid dienone is 2. The van der Waals surface area contributed by atoms with Crippen molar-refractivity contribution in [2.45, 2.75) is 44.6 Å². The van der Waals surface area contributed by atoms with Gasteiger partial charge in [-0.15, -0.1) is 0 Å². The minimum Gasteiger partial charge on any atom is -0.493 e. The van der Waals surface area contributed by atoms with Gasteiger partial charge in [0.1, 0.15) is 17.4 Å². The molecule has 6 rings (SSSR count). The van der Waals surface area contributed by atoms with Gasteiger partial charge in [-0.3, -0.25) is 0 Å². The van der Waals surface area contributed by atoms with Gasteiger partial charge in [0.05, 0.1) is 23.2 Å². The maximum absolute atomic E-state index is 13.3. The monoisotopic (exact) mass is 523 g/mol. The fraction of sp³-hybridized carbons (Fsp3) is 0.303. The number of fused-ring (bicyclic) bond motifs is 2. The number of nitrogens with one attached hydrogen (secondary N) is 1. The number of ether oxygens (including phenoxy) is 1. The molecule has 0 bridgehead atoms. The van der Waals surface area contributed by atoms with Gasteiger partial charge in [-0.1, -0.05) is 42.5 Å².